The molecule has 1 atom stereocenters. The maximum atomic E-state index is 13.0. The summed E-state index contributed by atoms with van der Waals surface area (Å²) in [6.07, 6.45) is -0.592. The number of carbonyl (C=O) groups excluding carboxylic acids is 1. The Hall–Kier alpha value is -4.00. The number of aromatic nitrogens is 2. The molecule has 0 bridgehead atoms. The summed E-state index contributed by atoms with van der Waals surface area (Å²) in [6, 6.07) is 21.3. The lowest BCUT2D eigenvalue weighted by Crippen LogP contribution is -2.29. The zero-order chi connectivity index (χ0) is 20.5. The zero-order valence-corrected chi connectivity index (χ0v) is 16.2. The van der Waals surface area contributed by atoms with Crippen LogP contribution in [0.25, 0.3) is 11.7 Å². The van der Waals surface area contributed by atoms with E-state index in [4.69, 9.17) is 13.8 Å². The normalized spacial score (nSPS) is 16.0. The number of nitrogens with zero attached hydrogens (tertiary/aromatic N) is 3. The Morgan fingerprint density at radius 3 is 2.53 bits per heavy atom. The molecule has 5 rings (SSSR count). The van der Waals surface area contributed by atoms with E-state index in [0.717, 1.165) is 28.2 Å². The summed E-state index contributed by atoms with van der Waals surface area (Å²) in [5.74, 6) is 1.37. The number of rotatable bonds is 4. The van der Waals surface area contributed by atoms with Gasteiger partial charge in [-0.15, -0.1) is 5.10 Å². The Kier molecular flexibility index (Phi) is 4.48. The van der Waals surface area contributed by atoms with Crippen molar-refractivity contribution in [2.24, 2.45) is 4.99 Å². The summed E-state index contributed by atoms with van der Waals surface area (Å²) >= 11 is 0. The smallest absolute Gasteiger partial charge is 0.317 e. The molecule has 2 aromatic carbocycles. The van der Waals surface area contributed by atoms with Crippen LogP contribution in [0.1, 0.15) is 22.5 Å². The molecule has 0 saturated heterocycles. The van der Waals surface area contributed by atoms with E-state index in [1.807, 2.05) is 67.6 Å². The second-order valence-corrected chi connectivity index (χ2v) is 7.01. The van der Waals surface area contributed by atoms with Crippen LogP contribution in [0.3, 0.4) is 0 Å². The molecular weight excluding hydrogens is 380 g/mol. The van der Waals surface area contributed by atoms with E-state index in [-0.39, 0.29) is 24.1 Å². The number of anilines is 1. The van der Waals surface area contributed by atoms with Gasteiger partial charge in [0.25, 0.3) is 5.89 Å². The second-order valence-electron chi connectivity index (χ2n) is 7.01. The molecule has 0 spiro atoms. The Balaban J connectivity index is 1.51. The number of ketones is 1. The summed E-state index contributed by atoms with van der Waals surface area (Å²) in [4.78, 5) is 17.7. The van der Waals surface area contributed by atoms with E-state index in [2.05, 4.69) is 15.5 Å². The van der Waals surface area contributed by atoms with Gasteiger partial charge in [0, 0.05) is 17.5 Å². The molecule has 0 amide bonds. The fourth-order valence-corrected chi connectivity index (χ4v) is 3.45. The first-order chi connectivity index (χ1) is 14.7. The molecule has 4 aromatic rings. The summed E-state index contributed by atoms with van der Waals surface area (Å²) < 4.78 is 11.2. The zero-order valence-electron chi connectivity index (χ0n) is 16.2. The standard InChI is InChI=1S/C23H18N4O3/c1-14-11-12-19(29-14)22-26-27-23(30-22)25-21-18(28)13-16-9-5-6-10-17(16)20(24-21)15-7-3-2-4-8-15/h2-12,21H,13H2,1H3,(H,25,27)/t21-/m1/s1. The summed E-state index contributed by atoms with van der Waals surface area (Å²) in [7, 11) is 0. The number of hydrogen-bond acceptors (Lipinski definition) is 7. The Labute approximate surface area is 172 Å². The Bertz CT molecular complexity index is 1240. The minimum Gasteiger partial charge on any atom is -0.456 e. The summed E-state index contributed by atoms with van der Waals surface area (Å²) in [5.41, 5.74) is 3.56. The maximum Gasteiger partial charge on any atom is 0.317 e. The molecule has 2 aromatic heterocycles. The molecule has 7 nitrogen and oxygen atoms in total. The van der Waals surface area contributed by atoms with Crippen LogP contribution in [0.15, 0.2) is 80.6 Å². The first kappa shape index (κ1) is 18.1. The van der Waals surface area contributed by atoms with Gasteiger partial charge in [0.1, 0.15) is 5.76 Å². The van der Waals surface area contributed by atoms with Crippen LogP contribution in [0.4, 0.5) is 6.01 Å². The molecule has 0 radical (unpaired) electrons. The molecule has 3 heterocycles. The van der Waals surface area contributed by atoms with Crippen molar-refractivity contribution >= 4 is 17.5 Å². The predicted octanol–water partition coefficient (Wildman–Crippen LogP) is 4.04. The molecule has 1 aliphatic rings. The number of nitrogens with one attached hydrogen (secondary N) is 1. The molecule has 1 aliphatic heterocycles. The van der Waals surface area contributed by atoms with E-state index >= 15 is 0 Å². The first-order valence-corrected chi connectivity index (χ1v) is 9.58. The number of furan rings is 1. The average molecular weight is 398 g/mol. The van der Waals surface area contributed by atoms with E-state index in [1.54, 1.807) is 6.07 Å². The van der Waals surface area contributed by atoms with Gasteiger partial charge in [0.2, 0.25) is 0 Å². The molecule has 0 aliphatic carbocycles. The van der Waals surface area contributed by atoms with Crippen LogP contribution in [0, 0.1) is 6.92 Å². The SMILES string of the molecule is Cc1ccc(-c2nnc(N[C@H]3N=C(c4ccccc4)c4ccccc4CC3=O)o2)o1. The van der Waals surface area contributed by atoms with Gasteiger partial charge in [-0.2, -0.15) is 0 Å². The quantitative estimate of drug-likeness (QED) is 0.558. The number of carbonyl (C=O) groups is 1. The molecule has 0 saturated carbocycles. The third-order valence-electron chi connectivity index (χ3n) is 4.88. The number of hydrogen-bond donors (Lipinski definition) is 1. The van der Waals surface area contributed by atoms with Gasteiger partial charge in [-0.3, -0.25) is 9.79 Å². The van der Waals surface area contributed by atoms with Gasteiger partial charge in [0.05, 0.1) is 5.71 Å². The first-order valence-electron chi connectivity index (χ1n) is 9.58. The summed E-state index contributed by atoms with van der Waals surface area (Å²) in [5, 5.41) is 11.0. The van der Waals surface area contributed by atoms with Crippen LogP contribution >= 0.6 is 0 Å². The van der Waals surface area contributed by atoms with Gasteiger partial charge in [-0.25, -0.2) is 0 Å². The van der Waals surface area contributed by atoms with Crippen molar-refractivity contribution in [3.8, 4) is 11.7 Å². The molecule has 30 heavy (non-hydrogen) atoms. The van der Waals surface area contributed by atoms with Crippen molar-refractivity contribution in [3.63, 3.8) is 0 Å². The van der Waals surface area contributed by atoms with Crippen LogP contribution in [0.2, 0.25) is 0 Å². The summed E-state index contributed by atoms with van der Waals surface area (Å²) in [6.45, 7) is 1.83. The number of fused-ring (bicyclic) bond motifs is 1. The van der Waals surface area contributed by atoms with Gasteiger partial charge in [-0.05, 0) is 24.6 Å². The van der Waals surface area contributed by atoms with Crippen molar-refractivity contribution in [2.75, 3.05) is 5.32 Å². The number of aliphatic imine (C=N–C) groups is 1. The number of benzene rings is 2. The molecule has 0 fully saturated rings. The molecule has 148 valence electrons. The van der Waals surface area contributed by atoms with E-state index in [1.165, 1.54) is 0 Å². The van der Waals surface area contributed by atoms with Gasteiger partial charge in [0.15, 0.2) is 17.7 Å². The lowest BCUT2D eigenvalue weighted by molar-refractivity contribution is -0.119. The van der Waals surface area contributed by atoms with Crippen molar-refractivity contribution in [1.29, 1.82) is 0 Å². The Morgan fingerprint density at radius 2 is 1.73 bits per heavy atom. The third kappa shape index (κ3) is 3.41. The van der Waals surface area contributed by atoms with Crippen LogP contribution in [0.5, 0.6) is 0 Å². The van der Waals surface area contributed by atoms with Crippen LogP contribution < -0.4 is 5.32 Å². The lowest BCUT2D eigenvalue weighted by Gasteiger charge is -2.11. The number of aryl methyl sites for hydroxylation is 1. The second kappa shape index (κ2) is 7.44. The largest absolute Gasteiger partial charge is 0.456 e. The Morgan fingerprint density at radius 1 is 0.933 bits per heavy atom. The van der Waals surface area contributed by atoms with Gasteiger partial charge < -0.3 is 14.2 Å². The minimum atomic E-state index is -0.848. The van der Waals surface area contributed by atoms with Gasteiger partial charge in [-0.1, -0.05) is 59.7 Å². The maximum absolute atomic E-state index is 13.0. The van der Waals surface area contributed by atoms with Gasteiger partial charge >= 0.3 is 6.01 Å². The monoisotopic (exact) mass is 398 g/mol. The highest BCUT2D eigenvalue weighted by molar-refractivity contribution is 6.16. The van der Waals surface area contributed by atoms with Crippen molar-refractivity contribution in [3.05, 3.63) is 89.2 Å². The number of Topliss-reactive ketones (excluding diaryl/α,β-unsaturated/α-hetero) is 1. The fourth-order valence-electron chi connectivity index (χ4n) is 3.45. The third-order valence-corrected chi connectivity index (χ3v) is 4.88. The van der Waals surface area contributed by atoms with Crippen LogP contribution in [-0.2, 0) is 11.2 Å². The van der Waals surface area contributed by atoms with Crippen LogP contribution in [-0.4, -0.2) is 27.9 Å². The van der Waals surface area contributed by atoms with E-state index < -0.39 is 6.17 Å². The molecule has 0 unspecified atom stereocenters. The van der Waals surface area contributed by atoms with E-state index in [9.17, 15) is 4.79 Å². The molecular formula is C23H18N4O3. The van der Waals surface area contributed by atoms with Crippen molar-refractivity contribution in [1.82, 2.24) is 10.2 Å². The highest BCUT2D eigenvalue weighted by atomic mass is 16.4. The average Bonchev–Trinajstić information content (AvgIpc) is 3.38. The molecule has 7 heteroatoms. The van der Waals surface area contributed by atoms with Crippen molar-refractivity contribution < 1.29 is 13.6 Å². The predicted molar refractivity (Wildman–Crippen MR) is 111 cm³/mol. The topological polar surface area (TPSA) is 93.5 Å². The highest BCUT2D eigenvalue weighted by Gasteiger charge is 2.27. The van der Waals surface area contributed by atoms with E-state index in [0.29, 0.717) is 5.76 Å². The highest BCUT2D eigenvalue weighted by Crippen LogP contribution is 2.25. The minimum absolute atomic E-state index is 0.0815. The lowest BCUT2D eigenvalue weighted by atomic mass is 9.96. The molecule has 1 N–H and O–H groups in total. The fraction of sp³-hybridized carbons (Fsp3) is 0.130. The van der Waals surface area contributed by atoms with Crippen molar-refractivity contribution in [2.45, 2.75) is 19.5 Å².